The zero-order valence-corrected chi connectivity index (χ0v) is 12.4. The van der Waals surface area contributed by atoms with Crippen LogP contribution in [0.5, 0.6) is 0 Å². The first-order valence-corrected chi connectivity index (χ1v) is 7.56. The van der Waals surface area contributed by atoms with E-state index in [9.17, 15) is 8.42 Å². The van der Waals surface area contributed by atoms with E-state index in [-0.39, 0.29) is 18.4 Å². The van der Waals surface area contributed by atoms with Gasteiger partial charge < -0.3 is 10.6 Å². The summed E-state index contributed by atoms with van der Waals surface area (Å²) >= 11 is 0. The van der Waals surface area contributed by atoms with Gasteiger partial charge in [-0.15, -0.1) is 12.4 Å². The van der Waals surface area contributed by atoms with Crippen LogP contribution in [-0.4, -0.2) is 62.6 Å². The normalized spacial score (nSPS) is 21.2. The molecule has 0 aromatic rings. The van der Waals surface area contributed by atoms with Gasteiger partial charge in [-0.25, -0.2) is 12.7 Å². The van der Waals surface area contributed by atoms with Crippen molar-refractivity contribution in [1.82, 2.24) is 9.21 Å². The van der Waals surface area contributed by atoms with Crippen LogP contribution in [0.2, 0.25) is 0 Å². The first-order valence-electron chi connectivity index (χ1n) is 5.71. The molecule has 0 radical (unpaired) electrons. The van der Waals surface area contributed by atoms with Crippen molar-refractivity contribution in [3.63, 3.8) is 0 Å². The minimum atomic E-state index is -3.01. The molecule has 2 N–H and O–H groups in total. The lowest BCUT2D eigenvalue weighted by Crippen LogP contribution is -2.47. The second-order valence-corrected chi connectivity index (χ2v) is 6.79. The Bertz CT molecular complexity index is 314. The number of sulfonamides is 1. The van der Waals surface area contributed by atoms with Crippen LogP contribution < -0.4 is 5.73 Å². The quantitative estimate of drug-likeness (QED) is 0.796. The molecule has 1 atom stereocenters. The lowest BCUT2D eigenvalue weighted by atomic mass is 10.1. The van der Waals surface area contributed by atoms with Crippen molar-refractivity contribution >= 4 is 22.4 Å². The first kappa shape index (κ1) is 17.1. The molecular weight excluding hydrogens is 262 g/mol. The highest BCUT2D eigenvalue weighted by Crippen LogP contribution is 2.17. The summed E-state index contributed by atoms with van der Waals surface area (Å²) < 4.78 is 24.2. The van der Waals surface area contributed by atoms with E-state index in [4.69, 9.17) is 5.73 Å². The third-order valence-electron chi connectivity index (χ3n) is 3.09. The van der Waals surface area contributed by atoms with Gasteiger partial charge in [0.1, 0.15) is 0 Å². The molecule has 104 valence electrons. The molecule has 0 saturated carbocycles. The molecule has 1 rings (SSSR count). The number of rotatable bonds is 4. The second-order valence-electron chi connectivity index (χ2n) is 4.81. The van der Waals surface area contributed by atoms with Crippen LogP contribution in [0.1, 0.15) is 19.8 Å². The van der Waals surface area contributed by atoms with E-state index in [1.165, 1.54) is 6.26 Å². The van der Waals surface area contributed by atoms with E-state index in [0.717, 1.165) is 19.4 Å². The smallest absolute Gasteiger partial charge is 0.211 e. The van der Waals surface area contributed by atoms with Gasteiger partial charge >= 0.3 is 0 Å². The molecule has 1 aliphatic rings. The molecule has 5 nitrogen and oxygen atoms in total. The summed E-state index contributed by atoms with van der Waals surface area (Å²) in [5, 5.41) is 0. The first-order chi connectivity index (χ1) is 7.30. The maximum absolute atomic E-state index is 11.3. The summed E-state index contributed by atoms with van der Waals surface area (Å²) in [7, 11) is -0.948. The molecule has 0 aromatic carbocycles. The minimum absolute atomic E-state index is 0. The van der Waals surface area contributed by atoms with Crippen LogP contribution in [0.15, 0.2) is 0 Å². The zero-order valence-electron chi connectivity index (χ0n) is 10.8. The predicted octanol–water partition coefficient (Wildman–Crippen LogP) is 0.111. The zero-order chi connectivity index (χ0) is 12.3. The van der Waals surface area contributed by atoms with Gasteiger partial charge in [0, 0.05) is 31.7 Å². The summed E-state index contributed by atoms with van der Waals surface area (Å²) in [5.41, 5.74) is 5.75. The Balaban J connectivity index is 0.00000256. The summed E-state index contributed by atoms with van der Waals surface area (Å²) in [6.07, 6.45) is 3.07. The van der Waals surface area contributed by atoms with Gasteiger partial charge in [0.05, 0.1) is 6.26 Å². The number of piperidine rings is 1. The number of halogens is 1. The van der Waals surface area contributed by atoms with E-state index in [0.29, 0.717) is 19.1 Å². The lowest BCUT2D eigenvalue weighted by Gasteiger charge is -2.36. The largest absolute Gasteiger partial charge is 0.327 e. The summed E-state index contributed by atoms with van der Waals surface area (Å²) in [6, 6.07) is 0.627. The highest BCUT2D eigenvalue weighted by molar-refractivity contribution is 7.88. The fourth-order valence-electron chi connectivity index (χ4n) is 2.22. The van der Waals surface area contributed by atoms with Crippen molar-refractivity contribution in [2.24, 2.45) is 5.73 Å². The van der Waals surface area contributed by atoms with Crippen molar-refractivity contribution in [2.45, 2.75) is 31.8 Å². The molecule has 1 fully saturated rings. The molecule has 0 bridgehead atoms. The van der Waals surface area contributed by atoms with E-state index >= 15 is 0 Å². The molecule has 1 heterocycles. The maximum atomic E-state index is 11.3. The summed E-state index contributed by atoms with van der Waals surface area (Å²) in [6.45, 7) is 4.12. The molecule has 0 aliphatic carbocycles. The molecule has 1 saturated heterocycles. The average Bonchev–Trinajstić information content (AvgIpc) is 2.15. The van der Waals surface area contributed by atoms with Crippen molar-refractivity contribution in [3.8, 4) is 0 Å². The molecule has 7 heteroatoms. The van der Waals surface area contributed by atoms with Crippen molar-refractivity contribution in [1.29, 1.82) is 0 Å². The molecule has 1 aliphatic heterocycles. The van der Waals surface area contributed by atoms with Gasteiger partial charge in [0.15, 0.2) is 0 Å². The van der Waals surface area contributed by atoms with Crippen LogP contribution in [0.4, 0.5) is 0 Å². The Morgan fingerprint density at radius 3 is 2.24 bits per heavy atom. The Morgan fingerprint density at radius 2 is 1.88 bits per heavy atom. The van der Waals surface area contributed by atoms with Gasteiger partial charge in [-0.05, 0) is 26.8 Å². The number of nitrogens with zero attached hydrogens (tertiary/aromatic N) is 2. The summed E-state index contributed by atoms with van der Waals surface area (Å²) in [5.74, 6) is 0. The third kappa shape index (κ3) is 5.52. The fraction of sp³-hybridized carbons (Fsp3) is 1.00. The van der Waals surface area contributed by atoms with Crippen LogP contribution in [0.25, 0.3) is 0 Å². The fourth-order valence-corrected chi connectivity index (χ4v) is 3.09. The van der Waals surface area contributed by atoms with Crippen LogP contribution in [0.3, 0.4) is 0 Å². The lowest BCUT2D eigenvalue weighted by molar-refractivity contribution is 0.163. The van der Waals surface area contributed by atoms with Gasteiger partial charge in [0.2, 0.25) is 10.0 Å². The van der Waals surface area contributed by atoms with E-state index in [1.54, 1.807) is 4.31 Å². The monoisotopic (exact) mass is 285 g/mol. The van der Waals surface area contributed by atoms with E-state index in [2.05, 4.69) is 11.9 Å². The van der Waals surface area contributed by atoms with Gasteiger partial charge in [-0.2, -0.15) is 0 Å². The topological polar surface area (TPSA) is 66.6 Å². The van der Waals surface area contributed by atoms with Crippen molar-refractivity contribution < 1.29 is 8.42 Å². The molecule has 1 unspecified atom stereocenters. The van der Waals surface area contributed by atoms with E-state index in [1.807, 2.05) is 6.92 Å². The Kier molecular flexibility index (Phi) is 6.94. The van der Waals surface area contributed by atoms with Crippen LogP contribution >= 0.6 is 12.4 Å². The number of hydrogen-bond donors (Lipinski definition) is 1. The molecular formula is C10H24ClN3O2S. The van der Waals surface area contributed by atoms with Crippen molar-refractivity contribution in [3.05, 3.63) is 0 Å². The standard InChI is InChI=1S/C10H23N3O2S.ClH/c1-9(11)8-12(2)10-4-6-13(7-5-10)16(3,14)15;/h9-10H,4-8,11H2,1-3H3;1H. The Morgan fingerprint density at radius 1 is 1.41 bits per heavy atom. The summed E-state index contributed by atoms with van der Waals surface area (Å²) in [4.78, 5) is 2.24. The number of nitrogens with two attached hydrogens (primary N) is 1. The van der Waals surface area contributed by atoms with E-state index < -0.39 is 10.0 Å². The average molecular weight is 286 g/mol. The third-order valence-corrected chi connectivity index (χ3v) is 4.39. The second kappa shape index (κ2) is 6.89. The number of hydrogen-bond acceptors (Lipinski definition) is 4. The van der Waals surface area contributed by atoms with Gasteiger partial charge in [-0.3, -0.25) is 0 Å². The SMILES string of the molecule is CC(N)CN(C)C1CCN(S(C)(=O)=O)CC1.Cl. The Hall–Kier alpha value is 0.120. The Labute approximate surface area is 111 Å². The number of likely N-dealkylation sites (N-methyl/N-ethyl adjacent to an activating group) is 1. The molecule has 0 spiro atoms. The minimum Gasteiger partial charge on any atom is -0.327 e. The maximum Gasteiger partial charge on any atom is 0.211 e. The highest BCUT2D eigenvalue weighted by atomic mass is 35.5. The highest BCUT2D eigenvalue weighted by Gasteiger charge is 2.26. The van der Waals surface area contributed by atoms with Crippen molar-refractivity contribution in [2.75, 3.05) is 32.9 Å². The van der Waals surface area contributed by atoms with Crippen LogP contribution in [0, 0.1) is 0 Å². The van der Waals surface area contributed by atoms with Gasteiger partial charge in [0.25, 0.3) is 0 Å². The van der Waals surface area contributed by atoms with Crippen LogP contribution in [-0.2, 0) is 10.0 Å². The predicted molar refractivity (Wildman–Crippen MR) is 73.0 cm³/mol. The molecule has 0 aromatic heterocycles. The van der Waals surface area contributed by atoms with Gasteiger partial charge in [-0.1, -0.05) is 0 Å². The molecule has 0 amide bonds. The molecule has 17 heavy (non-hydrogen) atoms.